The zero-order valence-corrected chi connectivity index (χ0v) is 45.1. The van der Waals surface area contributed by atoms with Gasteiger partial charge in [0.05, 0.1) is 0 Å². The van der Waals surface area contributed by atoms with E-state index in [0.717, 1.165) is 0 Å². The molecule has 0 saturated heterocycles. The van der Waals surface area contributed by atoms with Crippen LogP contribution in [0, 0.1) is 0 Å². The van der Waals surface area contributed by atoms with Crippen molar-refractivity contribution in [1.82, 2.24) is 0 Å². The second-order valence-corrected chi connectivity index (χ2v) is 14.6. The maximum Gasteiger partial charge on any atom is 3.00 e. The van der Waals surface area contributed by atoms with Crippen LogP contribution in [0.1, 0.15) is 0 Å². The zero-order chi connectivity index (χ0) is 28.6. The first-order valence-electron chi connectivity index (χ1n) is 4.38. The molecule has 0 unspecified atom stereocenters. The molecule has 0 N–H and O–H groups in total. The minimum atomic E-state index is -4.34. The van der Waals surface area contributed by atoms with Crippen molar-refractivity contribution in [3.05, 3.63) is 0 Å². The molecule has 34 heavy (non-hydrogen) atoms. The molecule has 0 aromatic carbocycles. The Morgan fingerprint density at radius 3 is 0.235 bits per heavy atom. The Bertz CT molecular complexity index is 666. The van der Waals surface area contributed by atoms with E-state index >= 15 is 0 Å². The summed E-state index contributed by atoms with van der Waals surface area (Å²) >= 11 is -34.7. The van der Waals surface area contributed by atoms with E-state index in [1.807, 2.05) is 0 Å². The minimum Gasteiger partial charge on any atom is 3.00 e. The molecule has 0 heterocycles. The molecular weight excluding hydrogens is 2010 g/mol. The molecule has 0 fully saturated rings. The molecule has 192 valence electrons. The van der Waals surface area contributed by atoms with Gasteiger partial charge in [0.1, 0.15) is 0 Å². The summed E-state index contributed by atoms with van der Waals surface area (Å²) in [5.41, 5.74) is 0. The van der Waals surface area contributed by atoms with Crippen molar-refractivity contribution in [3.63, 3.8) is 0 Å². The molecule has 0 aliphatic heterocycles. The minimum absolute atomic E-state index is 0. The summed E-state index contributed by atoms with van der Waals surface area (Å²) in [4.78, 5) is 0. The van der Waals surface area contributed by atoms with Crippen LogP contribution in [-0.2, 0) is 257 Å². The van der Waals surface area contributed by atoms with Crippen LogP contribution in [0.25, 0.3) is 0 Å². The van der Waals surface area contributed by atoms with Gasteiger partial charge in [-0.3, -0.25) is 0 Å². The molecule has 0 aliphatic carbocycles. The van der Waals surface area contributed by atoms with Gasteiger partial charge in [0, 0.05) is 0 Å². The largest absolute Gasteiger partial charge is 3.00 e. The van der Waals surface area contributed by atoms with E-state index in [0.29, 0.717) is 0 Å². The van der Waals surface area contributed by atoms with Crippen molar-refractivity contribution in [1.29, 1.82) is 0 Å². The Morgan fingerprint density at radius 1 is 0.235 bits per heavy atom. The van der Waals surface area contributed by atoms with Gasteiger partial charge in [0.2, 0.25) is 0 Å². The van der Waals surface area contributed by atoms with Gasteiger partial charge < -0.3 is 0 Å². The molecule has 0 radical (unpaired) electrons. The molecule has 0 spiro atoms. The Labute approximate surface area is 280 Å². The maximum atomic E-state index is 8.62. The normalized spacial score (nSPS) is 5.88. The van der Waals surface area contributed by atoms with Gasteiger partial charge in [-0.15, -0.1) is 0 Å². The van der Waals surface area contributed by atoms with E-state index in [-0.39, 0.29) is 55.1 Å². The van der Waals surface area contributed by atoms with E-state index in [1.165, 1.54) is 0 Å². The molecule has 0 rings (SSSR count). The smallest absolute Gasteiger partial charge is 3.00 e. The van der Waals surface area contributed by atoms with E-state index in [1.54, 1.807) is 0 Å². The Kier molecular flexibility index (Phi) is 120. The summed E-state index contributed by atoms with van der Waals surface area (Å²) in [5, 5.41) is 0. The summed E-state index contributed by atoms with van der Waals surface area (Å²) in [7, 11) is 0. The molecule has 34 heteroatoms. The molecule has 0 bridgehead atoms. The van der Waals surface area contributed by atoms with Crippen LogP contribution in [0.3, 0.4) is 0 Å². The topological polar surface area (TPSA) is 458 Å². The predicted molar refractivity (Wildman–Crippen MR) is 11.0 cm³/mol. The molecule has 0 aliphatic rings. The monoisotopic (exact) mass is 2010 g/mol. The van der Waals surface area contributed by atoms with Crippen LogP contribution in [0.15, 0.2) is 0 Å². The summed E-state index contributed by atoms with van der Waals surface area (Å²) in [6.45, 7) is 0. The molecule has 0 aromatic heterocycles. The van der Waals surface area contributed by atoms with Gasteiger partial charge in [-0.1, -0.05) is 0 Å². The van der Waals surface area contributed by atoms with Crippen molar-refractivity contribution < 1.29 is 286 Å². The summed E-state index contributed by atoms with van der Waals surface area (Å²) < 4.78 is 207. The average Bonchev–Trinajstić information content (AvgIpc) is 2.30. The van der Waals surface area contributed by atoms with E-state index in [4.69, 9.17) is 80.9 Å². The fourth-order valence-corrected chi connectivity index (χ4v) is 0. The van der Waals surface area contributed by atoms with Crippen LogP contribution >= 0.6 is 0 Å². The van der Waals surface area contributed by atoms with Crippen molar-refractivity contribution in [2.75, 3.05) is 0 Å². The second kappa shape index (κ2) is 61.3. The van der Waals surface area contributed by atoms with Crippen molar-refractivity contribution in [2.45, 2.75) is 0 Å². The third kappa shape index (κ3) is 2500. The van der Waals surface area contributed by atoms with Crippen LogP contribution in [-0.4, -0.2) is 0 Å². The third-order valence-corrected chi connectivity index (χ3v) is 0. The van der Waals surface area contributed by atoms with Gasteiger partial charge in [-0.2, -0.15) is 0 Å². The molecule has 0 saturated carbocycles. The van der Waals surface area contributed by atoms with Crippen LogP contribution in [0.5, 0.6) is 0 Å². The third-order valence-electron chi connectivity index (χ3n) is 0. The quantitative estimate of drug-likeness (QED) is 0.203. The summed E-state index contributed by atoms with van der Waals surface area (Å²) in [6.07, 6.45) is 0. The second-order valence-electron chi connectivity index (χ2n) is 1.79. The van der Waals surface area contributed by atoms with Crippen LogP contribution < -0.4 is 28.9 Å². The number of rotatable bonds is 0. The average molecular weight is 2010 g/mol. The van der Waals surface area contributed by atoms with Crippen LogP contribution in [0.4, 0.5) is 0 Å². The number of hydrogen-bond acceptors (Lipinski definition) is 24. The fraction of sp³-hybridized carbons (Fsp3) is 0. The standard InChI is InChI=1S/Nb.24O.8Ta.Y/q+5;;;;;;;;;;;;;;;;;8*-1;;;;;;;;;+3. The Morgan fingerprint density at radius 2 is 0.235 bits per heavy atom. The van der Waals surface area contributed by atoms with Crippen molar-refractivity contribution in [3.8, 4) is 0 Å². The van der Waals surface area contributed by atoms with Gasteiger partial charge in [0.15, 0.2) is 0 Å². The Hall–Kier alpha value is 4.25. The van der Waals surface area contributed by atoms with E-state index in [2.05, 4.69) is 0 Å². The van der Waals surface area contributed by atoms with E-state index in [9.17, 15) is 0 Å². The van der Waals surface area contributed by atoms with Gasteiger partial charge in [-0.25, -0.2) is 0 Å². The molecule has 0 aromatic rings. The summed E-state index contributed by atoms with van der Waals surface area (Å²) in [6, 6.07) is 0. The predicted octanol–water partition coefficient (Wildman–Crippen LogP) is -11.4. The first kappa shape index (κ1) is 66.5. The first-order chi connectivity index (χ1) is 13.9. The van der Waals surface area contributed by atoms with Gasteiger partial charge >= 0.3 is 286 Å². The molecule has 0 amide bonds. The molecule has 0 atom stereocenters. The van der Waals surface area contributed by atoms with Crippen molar-refractivity contribution >= 4 is 0 Å². The SMILES string of the molecule is [Nb+5].[O]=[Ta](=[O])[O-].[O]=[Ta](=[O])[O-].[O]=[Ta](=[O])[O-].[O]=[Ta](=[O])[O-].[O]=[Ta](=[O])[O-].[O]=[Ta](=[O])[O-].[O]=[Ta](=[O])[O-].[O]=[Ta](=[O])[O-].[Y+3]. The Balaban J connectivity index is -0.0000000240. The van der Waals surface area contributed by atoms with Gasteiger partial charge in [0.25, 0.3) is 0 Å². The number of hydrogen-bond donors (Lipinski definition) is 0. The zero-order valence-electron chi connectivity index (χ0n) is 14.4. The maximum absolute atomic E-state index is 8.62. The fourth-order valence-electron chi connectivity index (χ4n) is 0. The first-order valence-corrected chi connectivity index (χ1v) is 35.9. The summed E-state index contributed by atoms with van der Waals surface area (Å²) in [5.74, 6) is 0. The van der Waals surface area contributed by atoms with Crippen molar-refractivity contribution in [2.24, 2.45) is 0 Å². The van der Waals surface area contributed by atoms with E-state index < -0.39 is 150 Å². The molecular formula is NbO24Ta8Y. The van der Waals surface area contributed by atoms with Gasteiger partial charge in [-0.05, 0) is 0 Å². The molecule has 24 nitrogen and oxygen atoms in total. The van der Waals surface area contributed by atoms with Crippen LogP contribution in [0.2, 0.25) is 0 Å².